The van der Waals surface area contributed by atoms with E-state index in [4.69, 9.17) is 9.47 Å². The number of esters is 1. The van der Waals surface area contributed by atoms with Gasteiger partial charge >= 0.3 is 5.97 Å². The molecule has 0 atom stereocenters. The average Bonchev–Trinajstić information content (AvgIpc) is 2.98. The highest BCUT2D eigenvalue weighted by molar-refractivity contribution is 6.09. The Hall–Kier alpha value is -3.28. The van der Waals surface area contributed by atoms with Crippen LogP contribution in [0.1, 0.15) is 20.8 Å². The SMILES string of the molecule is COC(=O)c1ccccc1NC(=O)c1cc2c(OC)cccc2n1C. The van der Waals surface area contributed by atoms with E-state index >= 15 is 0 Å². The monoisotopic (exact) mass is 338 g/mol. The molecular formula is C19H18N2O4. The number of fused-ring (bicyclic) bond motifs is 1. The molecule has 6 nitrogen and oxygen atoms in total. The zero-order valence-electron chi connectivity index (χ0n) is 14.2. The zero-order chi connectivity index (χ0) is 18.0. The van der Waals surface area contributed by atoms with Crippen molar-refractivity contribution in [3.8, 4) is 5.75 Å². The Balaban J connectivity index is 1.99. The number of aromatic nitrogens is 1. The van der Waals surface area contributed by atoms with Gasteiger partial charge in [-0.1, -0.05) is 18.2 Å². The summed E-state index contributed by atoms with van der Waals surface area (Å²) in [5.41, 5.74) is 2.04. The van der Waals surface area contributed by atoms with E-state index in [1.165, 1.54) is 7.11 Å². The van der Waals surface area contributed by atoms with E-state index in [9.17, 15) is 9.59 Å². The lowest BCUT2D eigenvalue weighted by Crippen LogP contribution is -2.17. The van der Waals surface area contributed by atoms with E-state index in [0.29, 0.717) is 22.7 Å². The van der Waals surface area contributed by atoms with Gasteiger partial charge in [-0.2, -0.15) is 0 Å². The van der Waals surface area contributed by atoms with Gasteiger partial charge in [-0.3, -0.25) is 4.79 Å². The van der Waals surface area contributed by atoms with Crippen molar-refractivity contribution in [3.63, 3.8) is 0 Å². The molecule has 3 aromatic rings. The smallest absolute Gasteiger partial charge is 0.339 e. The first-order valence-electron chi connectivity index (χ1n) is 7.68. The fraction of sp³-hybridized carbons (Fsp3) is 0.158. The highest BCUT2D eigenvalue weighted by Gasteiger charge is 2.18. The summed E-state index contributed by atoms with van der Waals surface area (Å²) < 4.78 is 11.9. The lowest BCUT2D eigenvalue weighted by Gasteiger charge is -2.10. The van der Waals surface area contributed by atoms with E-state index in [-0.39, 0.29) is 5.91 Å². The first kappa shape index (κ1) is 16.6. The minimum absolute atomic E-state index is 0.301. The van der Waals surface area contributed by atoms with Crippen molar-refractivity contribution >= 4 is 28.5 Å². The number of nitrogens with zero attached hydrogens (tertiary/aromatic N) is 1. The van der Waals surface area contributed by atoms with Crippen LogP contribution in [-0.4, -0.2) is 30.7 Å². The number of amides is 1. The molecule has 0 saturated carbocycles. The molecule has 3 rings (SSSR count). The van der Waals surface area contributed by atoms with Crippen molar-refractivity contribution in [2.45, 2.75) is 0 Å². The number of benzene rings is 2. The summed E-state index contributed by atoms with van der Waals surface area (Å²) in [4.78, 5) is 24.6. The summed E-state index contributed by atoms with van der Waals surface area (Å²) in [6.07, 6.45) is 0. The van der Waals surface area contributed by atoms with E-state index in [1.807, 2.05) is 25.2 Å². The van der Waals surface area contributed by atoms with Crippen molar-refractivity contribution in [2.24, 2.45) is 7.05 Å². The highest BCUT2D eigenvalue weighted by atomic mass is 16.5. The third kappa shape index (κ3) is 2.94. The Labute approximate surface area is 145 Å². The Morgan fingerprint density at radius 2 is 1.80 bits per heavy atom. The molecule has 0 fully saturated rings. The van der Waals surface area contributed by atoms with E-state index < -0.39 is 5.97 Å². The molecule has 1 aromatic heterocycles. The fourth-order valence-electron chi connectivity index (χ4n) is 2.80. The number of carbonyl (C=O) groups is 2. The van der Waals surface area contributed by atoms with Gasteiger partial charge in [0.05, 0.1) is 31.0 Å². The third-order valence-corrected chi connectivity index (χ3v) is 4.08. The number of anilines is 1. The number of methoxy groups -OCH3 is 2. The molecule has 0 aliphatic heterocycles. The minimum atomic E-state index is -0.505. The maximum absolute atomic E-state index is 12.7. The standard InChI is InChI=1S/C19H18N2O4/c1-21-15-9-6-10-17(24-2)13(15)11-16(21)18(22)20-14-8-5-4-7-12(14)19(23)25-3/h4-11H,1-3H3,(H,20,22). The van der Waals surface area contributed by atoms with Crippen LogP contribution < -0.4 is 10.1 Å². The predicted molar refractivity (Wildman–Crippen MR) is 95.2 cm³/mol. The number of nitrogens with one attached hydrogen (secondary N) is 1. The van der Waals surface area contributed by atoms with Crippen molar-refractivity contribution < 1.29 is 19.1 Å². The Morgan fingerprint density at radius 3 is 2.52 bits per heavy atom. The van der Waals surface area contributed by atoms with E-state index in [2.05, 4.69) is 5.32 Å². The number of ether oxygens (including phenoxy) is 2. The van der Waals surface area contributed by atoms with Crippen LogP contribution in [0.2, 0.25) is 0 Å². The Bertz CT molecular complexity index is 959. The average molecular weight is 338 g/mol. The molecule has 0 aliphatic carbocycles. The molecule has 0 spiro atoms. The molecular weight excluding hydrogens is 320 g/mol. The normalized spacial score (nSPS) is 10.5. The molecule has 0 bridgehead atoms. The van der Waals surface area contributed by atoms with Crippen LogP contribution in [0.25, 0.3) is 10.9 Å². The Morgan fingerprint density at radius 1 is 1.04 bits per heavy atom. The van der Waals surface area contributed by atoms with Crippen LogP contribution in [-0.2, 0) is 11.8 Å². The van der Waals surface area contributed by atoms with E-state index in [1.54, 1.807) is 42.0 Å². The fourth-order valence-corrected chi connectivity index (χ4v) is 2.80. The summed E-state index contributed by atoms with van der Waals surface area (Å²) >= 11 is 0. The van der Waals surface area contributed by atoms with Crippen LogP contribution in [0.4, 0.5) is 5.69 Å². The summed E-state index contributed by atoms with van der Waals surface area (Å²) in [6, 6.07) is 14.1. The summed E-state index contributed by atoms with van der Waals surface area (Å²) in [6.45, 7) is 0. The molecule has 0 radical (unpaired) electrons. The third-order valence-electron chi connectivity index (χ3n) is 4.08. The topological polar surface area (TPSA) is 69.6 Å². The van der Waals surface area contributed by atoms with Gasteiger partial charge in [-0.15, -0.1) is 0 Å². The molecule has 0 aliphatic rings. The molecule has 0 saturated heterocycles. The highest BCUT2D eigenvalue weighted by Crippen LogP contribution is 2.28. The summed E-state index contributed by atoms with van der Waals surface area (Å²) in [7, 11) is 4.70. The van der Waals surface area contributed by atoms with Gasteiger partial charge < -0.3 is 19.4 Å². The Kier molecular flexibility index (Phi) is 4.43. The first-order valence-corrected chi connectivity index (χ1v) is 7.68. The predicted octanol–water partition coefficient (Wildman–Crippen LogP) is 3.23. The van der Waals surface area contributed by atoms with Crippen LogP contribution in [0, 0.1) is 0 Å². The number of hydrogen-bond acceptors (Lipinski definition) is 4. The largest absolute Gasteiger partial charge is 0.496 e. The number of carbonyl (C=O) groups excluding carboxylic acids is 2. The van der Waals surface area contributed by atoms with Gasteiger partial charge in [0.25, 0.3) is 5.91 Å². The second kappa shape index (κ2) is 6.68. The molecule has 1 N–H and O–H groups in total. The summed E-state index contributed by atoms with van der Waals surface area (Å²) in [5.74, 6) is -0.131. The molecule has 1 amide bonds. The number of rotatable bonds is 4. The lowest BCUT2D eigenvalue weighted by atomic mass is 10.1. The van der Waals surface area contributed by atoms with Crippen molar-refractivity contribution in [1.29, 1.82) is 0 Å². The van der Waals surface area contributed by atoms with Crippen LogP contribution in [0.3, 0.4) is 0 Å². The van der Waals surface area contributed by atoms with Gasteiger partial charge in [0.1, 0.15) is 11.4 Å². The lowest BCUT2D eigenvalue weighted by molar-refractivity contribution is 0.0602. The number of para-hydroxylation sites is 1. The minimum Gasteiger partial charge on any atom is -0.496 e. The molecule has 2 aromatic carbocycles. The molecule has 128 valence electrons. The van der Waals surface area contributed by atoms with Crippen molar-refractivity contribution in [2.75, 3.05) is 19.5 Å². The number of aryl methyl sites for hydroxylation is 1. The van der Waals surface area contributed by atoms with Gasteiger partial charge in [0, 0.05) is 12.4 Å². The van der Waals surface area contributed by atoms with Crippen LogP contribution >= 0.6 is 0 Å². The van der Waals surface area contributed by atoms with Crippen molar-refractivity contribution in [3.05, 3.63) is 59.8 Å². The molecule has 6 heteroatoms. The molecule has 0 unspecified atom stereocenters. The van der Waals surface area contributed by atoms with Crippen molar-refractivity contribution in [1.82, 2.24) is 4.57 Å². The van der Waals surface area contributed by atoms with Gasteiger partial charge in [0.2, 0.25) is 0 Å². The van der Waals surface area contributed by atoms with Gasteiger partial charge in [-0.25, -0.2) is 4.79 Å². The zero-order valence-corrected chi connectivity index (χ0v) is 14.2. The first-order chi connectivity index (χ1) is 12.1. The molecule has 1 heterocycles. The van der Waals surface area contributed by atoms with Crippen LogP contribution in [0.15, 0.2) is 48.5 Å². The number of hydrogen-bond donors (Lipinski definition) is 1. The van der Waals surface area contributed by atoms with Gasteiger partial charge in [0.15, 0.2) is 0 Å². The molecule has 25 heavy (non-hydrogen) atoms. The van der Waals surface area contributed by atoms with Crippen LogP contribution in [0.5, 0.6) is 5.75 Å². The quantitative estimate of drug-likeness (QED) is 0.742. The summed E-state index contributed by atoms with van der Waals surface area (Å²) in [5, 5.41) is 3.63. The van der Waals surface area contributed by atoms with Gasteiger partial charge in [-0.05, 0) is 30.3 Å². The second-order valence-electron chi connectivity index (χ2n) is 5.47. The maximum Gasteiger partial charge on any atom is 0.339 e. The van der Waals surface area contributed by atoms with E-state index in [0.717, 1.165) is 10.9 Å². The maximum atomic E-state index is 12.7. The second-order valence-corrected chi connectivity index (χ2v) is 5.47.